The summed E-state index contributed by atoms with van der Waals surface area (Å²) in [5.41, 5.74) is 1.62. The number of carbonyl (C=O) groups is 1. The maximum absolute atomic E-state index is 12.9. The SMILES string of the molecule is COc1ccccc1C1CNCCN1C(=O)c1cccc(Cl)c1.Cl. The molecule has 6 heteroatoms. The maximum atomic E-state index is 12.9. The molecule has 1 atom stereocenters. The van der Waals surface area contributed by atoms with Gasteiger partial charge in [0.1, 0.15) is 5.75 Å². The van der Waals surface area contributed by atoms with Gasteiger partial charge in [0.25, 0.3) is 5.91 Å². The summed E-state index contributed by atoms with van der Waals surface area (Å²) in [5.74, 6) is 0.787. The van der Waals surface area contributed by atoms with Crippen LogP contribution >= 0.6 is 24.0 Å². The van der Waals surface area contributed by atoms with Gasteiger partial charge < -0.3 is 15.0 Å². The summed E-state index contributed by atoms with van der Waals surface area (Å²) in [4.78, 5) is 14.8. The number of methoxy groups -OCH3 is 1. The number of benzene rings is 2. The van der Waals surface area contributed by atoms with Crippen LogP contribution in [0, 0.1) is 0 Å². The molecule has 24 heavy (non-hydrogen) atoms. The normalized spacial score (nSPS) is 17.1. The number of carbonyl (C=O) groups excluding carboxylic acids is 1. The molecule has 2 aromatic carbocycles. The van der Waals surface area contributed by atoms with Gasteiger partial charge in [0, 0.05) is 35.8 Å². The predicted octanol–water partition coefficient (Wildman–Crippen LogP) is 3.56. The van der Waals surface area contributed by atoms with E-state index in [1.54, 1.807) is 31.4 Å². The van der Waals surface area contributed by atoms with Gasteiger partial charge in [0.05, 0.1) is 13.2 Å². The summed E-state index contributed by atoms with van der Waals surface area (Å²) in [7, 11) is 1.65. The second kappa shape index (κ2) is 8.38. The van der Waals surface area contributed by atoms with E-state index in [1.807, 2.05) is 29.2 Å². The Morgan fingerprint density at radius 1 is 1.25 bits per heavy atom. The molecule has 0 aromatic heterocycles. The molecule has 0 radical (unpaired) electrons. The lowest BCUT2D eigenvalue weighted by Crippen LogP contribution is -2.48. The van der Waals surface area contributed by atoms with Crippen molar-refractivity contribution < 1.29 is 9.53 Å². The van der Waals surface area contributed by atoms with Crippen molar-refractivity contribution in [3.05, 3.63) is 64.7 Å². The van der Waals surface area contributed by atoms with Crippen molar-refractivity contribution in [2.75, 3.05) is 26.7 Å². The summed E-state index contributed by atoms with van der Waals surface area (Å²) < 4.78 is 5.46. The highest BCUT2D eigenvalue weighted by Gasteiger charge is 2.30. The first kappa shape index (κ1) is 18.6. The molecule has 2 aromatic rings. The third kappa shape index (κ3) is 3.83. The first-order valence-corrected chi connectivity index (χ1v) is 7.98. The molecular weight excluding hydrogens is 347 g/mol. The van der Waals surface area contributed by atoms with E-state index in [-0.39, 0.29) is 24.4 Å². The molecule has 1 aliphatic rings. The van der Waals surface area contributed by atoms with Crippen molar-refractivity contribution in [1.29, 1.82) is 0 Å². The van der Waals surface area contributed by atoms with Crippen molar-refractivity contribution in [3.63, 3.8) is 0 Å². The van der Waals surface area contributed by atoms with Crippen LogP contribution < -0.4 is 10.1 Å². The number of nitrogens with one attached hydrogen (secondary N) is 1. The summed E-state index contributed by atoms with van der Waals surface area (Å²) >= 11 is 6.03. The molecule has 1 fully saturated rings. The average molecular weight is 367 g/mol. The Hall–Kier alpha value is -1.75. The van der Waals surface area contributed by atoms with Crippen LogP contribution in [-0.4, -0.2) is 37.6 Å². The standard InChI is InChI=1S/C18H19ClN2O2.ClH/c1-23-17-8-3-2-7-15(17)16-12-20-9-10-21(16)18(22)13-5-4-6-14(19)11-13;/h2-8,11,16,20H,9-10,12H2,1H3;1H. The van der Waals surface area contributed by atoms with E-state index in [2.05, 4.69) is 5.32 Å². The number of piperazine rings is 1. The summed E-state index contributed by atoms with van der Waals surface area (Å²) in [6.07, 6.45) is 0. The number of amides is 1. The second-order valence-corrected chi connectivity index (χ2v) is 5.91. The van der Waals surface area contributed by atoms with Gasteiger partial charge >= 0.3 is 0 Å². The molecule has 1 heterocycles. The monoisotopic (exact) mass is 366 g/mol. The first-order chi connectivity index (χ1) is 11.2. The van der Waals surface area contributed by atoms with Crippen LogP contribution in [0.15, 0.2) is 48.5 Å². The van der Waals surface area contributed by atoms with E-state index < -0.39 is 0 Å². The molecule has 1 aliphatic heterocycles. The Morgan fingerprint density at radius 2 is 2.04 bits per heavy atom. The zero-order chi connectivity index (χ0) is 16.2. The fourth-order valence-electron chi connectivity index (χ4n) is 2.95. The van der Waals surface area contributed by atoms with E-state index in [4.69, 9.17) is 16.3 Å². The lowest BCUT2D eigenvalue weighted by Gasteiger charge is -2.37. The Bertz CT molecular complexity index is 709. The van der Waals surface area contributed by atoms with E-state index in [1.165, 1.54) is 0 Å². The molecule has 0 spiro atoms. The topological polar surface area (TPSA) is 41.6 Å². The fraction of sp³-hybridized carbons (Fsp3) is 0.278. The minimum absolute atomic E-state index is 0. The summed E-state index contributed by atoms with van der Waals surface area (Å²) in [6.45, 7) is 2.12. The fourth-order valence-corrected chi connectivity index (χ4v) is 3.14. The zero-order valence-electron chi connectivity index (χ0n) is 13.4. The van der Waals surface area contributed by atoms with E-state index in [0.717, 1.165) is 17.9 Å². The Balaban J connectivity index is 0.00000208. The number of halogens is 2. The second-order valence-electron chi connectivity index (χ2n) is 5.47. The molecule has 0 aliphatic carbocycles. The van der Waals surface area contributed by atoms with E-state index in [0.29, 0.717) is 23.7 Å². The number of rotatable bonds is 3. The molecule has 1 amide bonds. The summed E-state index contributed by atoms with van der Waals surface area (Å²) in [6, 6.07) is 14.9. The van der Waals surface area contributed by atoms with Crippen LogP contribution in [0.2, 0.25) is 5.02 Å². The molecular formula is C18H20Cl2N2O2. The zero-order valence-corrected chi connectivity index (χ0v) is 14.9. The number of hydrogen-bond donors (Lipinski definition) is 1. The molecule has 1 N–H and O–H groups in total. The third-order valence-corrected chi connectivity index (χ3v) is 4.31. The van der Waals surface area contributed by atoms with Crippen molar-refractivity contribution in [2.24, 2.45) is 0 Å². The molecule has 0 saturated carbocycles. The molecule has 1 saturated heterocycles. The lowest BCUT2D eigenvalue weighted by molar-refractivity contribution is 0.0631. The lowest BCUT2D eigenvalue weighted by atomic mass is 10.0. The molecule has 128 valence electrons. The van der Waals surface area contributed by atoms with Gasteiger partial charge in [-0.05, 0) is 24.3 Å². The van der Waals surface area contributed by atoms with Crippen molar-refractivity contribution in [1.82, 2.24) is 10.2 Å². The number of ether oxygens (including phenoxy) is 1. The van der Waals surface area contributed by atoms with Crippen LogP contribution in [-0.2, 0) is 0 Å². The Kier molecular flexibility index (Phi) is 6.49. The van der Waals surface area contributed by atoms with Gasteiger partial charge in [-0.3, -0.25) is 4.79 Å². The average Bonchev–Trinajstić information content (AvgIpc) is 2.61. The third-order valence-electron chi connectivity index (χ3n) is 4.07. The van der Waals surface area contributed by atoms with Crippen LogP contribution in [0.25, 0.3) is 0 Å². The Morgan fingerprint density at radius 3 is 2.79 bits per heavy atom. The minimum Gasteiger partial charge on any atom is -0.496 e. The minimum atomic E-state index is -0.0635. The van der Waals surface area contributed by atoms with Crippen LogP contribution in [0.4, 0.5) is 0 Å². The highest BCUT2D eigenvalue weighted by Crippen LogP contribution is 2.31. The van der Waals surface area contributed by atoms with Gasteiger partial charge in [0.2, 0.25) is 0 Å². The maximum Gasteiger partial charge on any atom is 0.254 e. The van der Waals surface area contributed by atoms with Crippen molar-refractivity contribution in [2.45, 2.75) is 6.04 Å². The number of hydrogen-bond acceptors (Lipinski definition) is 3. The highest BCUT2D eigenvalue weighted by atomic mass is 35.5. The molecule has 4 nitrogen and oxygen atoms in total. The molecule has 1 unspecified atom stereocenters. The summed E-state index contributed by atoms with van der Waals surface area (Å²) in [5, 5.41) is 3.93. The van der Waals surface area contributed by atoms with E-state index in [9.17, 15) is 4.79 Å². The number of para-hydroxylation sites is 1. The van der Waals surface area contributed by atoms with Crippen molar-refractivity contribution >= 4 is 29.9 Å². The van der Waals surface area contributed by atoms with Crippen molar-refractivity contribution in [3.8, 4) is 5.75 Å². The highest BCUT2D eigenvalue weighted by molar-refractivity contribution is 6.30. The van der Waals surface area contributed by atoms with Gasteiger partial charge in [-0.25, -0.2) is 0 Å². The van der Waals surface area contributed by atoms with Gasteiger partial charge in [-0.1, -0.05) is 35.9 Å². The van der Waals surface area contributed by atoms with E-state index >= 15 is 0 Å². The predicted molar refractivity (Wildman–Crippen MR) is 98.3 cm³/mol. The van der Waals surface area contributed by atoms with Crippen LogP contribution in [0.5, 0.6) is 5.75 Å². The van der Waals surface area contributed by atoms with Gasteiger partial charge in [-0.2, -0.15) is 0 Å². The van der Waals surface area contributed by atoms with Crippen LogP contribution in [0.3, 0.4) is 0 Å². The van der Waals surface area contributed by atoms with Gasteiger partial charge in [0.15, 0.2) is 0 Å². The Labute approximate surface area is 153 Å². The smallest absolute Gasteiger partial charge is 0.254 e. The molecule has 0 bridgehead atoms. The number of nitrogens with zero attached hydrogens (tertiary/aromatic N) is 1. The first-order valence-electron chi connectivity index (χ1n) is 7.61. The van der Waals surface area contributed by atoms with Gasteiger partial charge in [-0.15, -0.1) is 12.4 Å². The molecule has 3 rings (SSSR count). The quantitative estimate of drug-likeness (QED) is 0.902. The van der Waals surface area contributed by atoms with Crippen LogP contribution in [0.1, 0.15) is 22.0 Å². The largest absolute Gasteiger partial charge is 0.496 e.